The first kappa shape index (κ1) is 15.5. The second-order valence-corrected chi connectivity index (χ2v) is 5.35. The van der Waals surface area contributed by atoms with Gasteiger partial charge in [0.25, 0.3) is 0 Å². The van der Waals surface area contributed by atoms with E-state index in [1.54, 1.807) is 7.11 Å². The summed E-state index contributed by atoms with van der Waals surface area (Å²) in [4.78, 5) is 11.9. The zero-order valence-corrected chi connectivity index (χ0v) is 12.7. The van der Waals surface area contributed by atoms with Gasteiger partial charge in [0.2, 0.25) is 0 Å². The van der Waals surface area contributed by atoms with E-state index in [-0.39, 0.29) is 17.8 Å². The van der Waals surface area contributed by atoms with E-state index in [0.717, 1.165) is 16.9 Å². The predicted octanol–water partition coefficient (Wildman–Crippen LogP) is 3.30. The molecule has 0 N–H and O–H groups in total. The summed E-state index contributed by atoms with van der Waals surface area (Å²) in [5.74, 6) is 0.814. The first-order chi connectivity index (χ1) is 8.90. The van der Waals surface area contributed by atoms with Crippen molar-refractivity contribution in [2.24, 2.45) is 11.8 Å². The highest BCUT2D eigenvalue weighted by molar-refractivity contribution is 5.73. The zero-order chi connectivity index (χ0) is 14.6. The van der Waals surface area contributed by atoms with Crippen LogP contribution in [0.25, 0.3) is 0 Å². The van der Waals surface area contributed by atoms with Crippen LogP contribution in [0.5, 0.6) is 5.75 Å². The van der Waals surface area contributed by atoms with Gasteiger partial charge in [-0.15, -0.1) is 0 Å². The van der Waals surface area contributed by atoms with E-state index in [9.17, 15) is 4.79 Å². The van der Waals surface area contributed by atoms with Gasteiger partial charge in [0, 0.05) is 0 Å². The highest BCUT2D eigenvalue weighted by Crippen LogP contribution is 2.29. The summed E-state index contributed by atoms with van der Waals surface area (Å²) >= 11 is 0. The molecule has 0 saturated carbocycles. The summed E-state index contributed by atoms with van der Waals surface area (Å²) in [6, 6.07) is 4.18. The second-order valence-electron chi connectivity index (χ2n) is 5.35. The third kappa shape index (κ3) is 3.72. The van der Waals surface area contributed by atoms with Gasteiger partial charge >= 0.3 is 5.97 Å². The van der Waals surface area contributed by atoms with Crippen molar-refractivity contribution >= 4 is 5.97 Å². The van der Waals surface area contributed by atoms with E-state index in [1.165, 1.54) is 12.7 Å². The Labute approximate surface area is 115 Å². The minimum Gasteiger partial charge on any atom is -0.496 e. The van der Waals surface area contributed by atoms with Crippen LogP contribution in [0, 0.1) is 25.7 Å². The van der Waals surface area contributed by atoms with Gasteiger partial charge in [-0.25, -0.2) is 0 Å². The number of esters is 1. The smallest absolute Gasteiger partial charge is 0.309 e. The first-order valence-corrected chi connectivity index (χ1v) is 6.62. The molecule has 0 bridgehead atoms. The van der Waals surface area contributed by atoms with Crippen LogP contribution in [0.2, 0.25) is 0 Å². The Morgan fingerprint density at radius 2 is 1.84 bits per heavy atom. The topological polar surface area (TPSA) is 35.5 Å². The summed E-state index contributed by atoms with van der Waals surface area (Å²) < 4.78 is 10.4. The van der Waals surface area contributed by atoms with E-state index in [1.807, 2.05) is 20.8 Å². The largest absolute Gasteiger partial charge is 0.496 e. The Balaban J connectivity index is 3.12. The molecule has 106 valence electrons. The number of ether oxygens (including phenoxy) is 2. The monoisotopic (exact) mass is 264 g/mol. The zero-order valence-electron chi connectivity index (χ0n) is 12.7. The fourth-order valence-corrected chi connectivity index (χ4v) is 2.47. The molecular formula is C16H24O3. The van der Waals surface area contributed by atoms with Gasteiger partial charge in [0.05, 0.1) is 20.1 Å². The fraction of sp³-hybridized carbons (Fsp3) is 0.562. The van der Waals surface area contributed by atoms with Gasteiger partial charge in [-0.3, -0.25) is 4.79 Å². The van der Waals surface area contributed by atoms with Crippen molar-refractivity contribution in [3.63, 3.8) is 0 Å². The van der Waals surface area contributed by atoms with Gasteiger partial charge in [-0.2, -0.15) is 0 Å². The number of hydrogen-bond acceptors (Lipinski definition) is 3. The molecule has 0 heterocycles. The predicted molar refractivity (Wildman–Crippen MR) is 76.5 cm³/mol. The van der Waals surface area contributed by atoms with E-state index < -0.39 is 0 Å². The molecule has 1 rings (SSSR count). The molecule has 0 saturated heterocycles. The molecule has 0 amide bonds. The maximum atomic E-state index is 11.9. The number of carbonyl (C=O) groups excluding carboxylic acids is 1. The van der Waals surface area contributed by atoms with Crippen molar-refractivity contribution in [3.05, 3.63) is 28.8 Å². The second kappa shape index (κ2) is 6.60. The number of aryl methyl sites for hydroxylation is 2. The van der Waals surface area contributed by atoms with E-state index >= 15 is 0 Å². The Hall–Kier alpha value is -1.51. The van der Waals surface area contributed by atoms with Gasteiger partial charge in [0.1, 0.15) is 5.75 Å². The van der Waals surface area contributed by atoms with Crippen LogP contribution >= 0.6 is 0 Å². The third-order valence-electron chi connectivity index (χ3n) is 3.45. The lowest BCUT2D eigenvalue weighted by atomic mass is 9.88. The fourth-order valence-electron chi connectivity index (χ4n) is 2.47. The molecule has 0 aliphatic rings. The maximum Gasteiger partial charge on any atom is 0.309 e. The van der Waals surface area contributed by atoms with Crippen molar-refractivity contribution in [1.82, 2.24) is 0 Å². The molecule has 0 aliphatic heterocycles. The number of hydrogen-bond donors (Lipinski definition) is 0. The van der Waals surface area contributed by atoms with Crippen LogP contribution in [0.4, 0.5) is 0 Å². The molecule has 0 aromatic heterocycles. The minimum absolute atomic E-state index is 0.139. The molecule has 0 radical (unpaired) electrons. The van der Waals surface area contributed by atoms with E-state index in [0.29, 0.717) is 6.42 Å². The summed E-state index contributed by atoms with van der Waals surface area (Å²) in [6.07, 6.45) is 0.649. The van der Waals surface area contributed by atoms with Gasteiger partial charge in [-0.05, 0) is 37.3 Å². The van der Waals surface area contributed by atoms with Crippen molar-refractivity contribution in [2.75, 3.05) is 14.2 Å². The quantitative estimate of drug-likeness (QED) is 0.765. The van der Waals surface area contributed by atoms with Crippen LogP contribution < -0.4 is 4.74 Å². The average molecular weight is 264 g/mol. The van der Waals surface area contributed by atoms with Crippen LogP contribution in [-0.4, -0.2) is 20.2 Å². The molecule has 0 fully saturated rings. The van der Waals surface area contributed by atoms with Gasteiger partial charge < -0.3 is 9.47 Å². The molecular weight excluding hydrogens is 240 g/mol. The number of rotatable bonds is 5. The maximum absolute atomic E-state index is 11.9. The first-order valence-electron chi connectivity index (χ1n) is 6.62. The molecule has 19 heavy (non-hydrogen) atoms. The molecule has 1 atom stereocenters. The van der Waals surface area contributed by atoms with E-state index in [2.05, 4.69) is 19.1 Å². The highest BCUT2D eigenvalue weighted by atomic mass is 16.5. The molecule has 0 aliphatic carbocycles. The van der Waals surface area contributed by atoms with Crippen LogP contribution in [0.1, 0.15) is 30.5 Å². The Bertz CT molecular complexity index is 450. The Kier molecular flexibility index (Phi) is 5.40. The van der Waals surface area contributed by atoms with Crippen molar-refractivity contribution in [3.8, 4) is 5.75 Å². The third-order valence-corrected chi connectivity index (χ3v) is 3.45. The number of benzene rings is 1. The standard InChI is InChI=1S/C16H24O3/c1-10(2)14(16(17)19-6)9-13-8-11(3)7-12(4)15(13)18-5/h7-8,10,14H,9H2,1-6H3. The Morgan fingerprint density at radius 3 is 2.32 bits per heavy atom. The molecule has 0 spiro atoms. The van der Waals surface area contributed by atoms with Crippen molar-refractivity contribution in [2.45, 2.75) is 34.1 Å². The summed E-state index contributed by atoms with van der Waals surface area (Å²) in [5.41, 5.74) is 3.36. The summed E-state index contributed by atoms with van der Waals surface area (Å²) in [5, 5.41) is 0. The highest BCUT2D eigenvalue weighted by Gasteiger charge is 2.25. The minimum atomic E-state index is -0.156. The van der Waals surface area contributed by atoms with Crippen LogP contribution in [0.15, 0.2) is 12.1 Å². The van der Waals surface area contributed by atoms with Crippen molar-refractivity contribution in [1.29, 1.82) is 0 Å². The molecule has 1 unspecified atom stereocenters. The van der Waals surface area contributed by atoms with Gasteiger partial charge in [0.15, 0.2) is 0 Å². The van der Waals surface area contributed by atoms with Crippen LogP contribution in [-0.2, 0) is 16.0 Å². The SMILES string of the molecule is COC(=O)C(Cc1cc(C)cc(C)c1OC)C(C)C. The molecule has 3 heteroatoms. The molecule has 3 nitrogen and oxygen atoms in total. The van der Waals surface area contributed by atoms with Gasteiger partial charge in [-0.1, -0.05) is 31.5 Å². The number of carbonyl (C=O) groups is 1. The lowest BCUT2D eigenvalue weighted by Gasteiger charge is -2.20. The lowest BCUT2D eigenvalue weighted by molar-refractivity contribution is -0.146. The molecule has 1 aromatic rings. The van der Waals surface area contributed by atoms with E-state index in [4.69, 9.17) is 9.47 Å². The number of methoxy groups -OCH3 is 2. The van der Waals surface area contributed by atoms with Crippen molar-refractivity contribution < 1.29 is 14.3 Å². The summed E-state index contributed by atoms with van der Waals surface area (Å²) in [6.45, 7) is 8.16. The summed E-state index contributed by atoms with van der Waals surface area (Å²) in [7, 11) is 3.11. The normalized spacial score (nSPS) is 12.4. The van der Waals surface area contributed by atoms with Crippen LogP contribution in [0.3, 0.4) is 0 Å². The molecule has 1 aromatic carbocycles. The average Bonchev–Trinajstić information content (AvgIpc) is 2.34. The Morgan fingerprint density at radius 1 is 1.21 bits per heavy atom. The lowest BCUT2D eigenvalue weighted by Crippen LogP contribution is -2.24.